The third kappa shape index (κ3) is 2.32. The molecule has 3 aliphatic carbocycles. The van der Waals surface area contributed by atoms with E-state index >= 15 is 0 Å². The van der Waals surface area contributed by atoms with Gasteiger partial charge in [0.1, 0.15) is 0 Å². The lowest BCUT2D eigenvalue weighted by atomic mass is 9.48. The van der Waals surface area contributed by atoms with Crippen molar-refractivity contribution in [2.45, 2.75) is 44.0 Å². The van der Waals surface area contributed by atoms with E-state index in [2.05, 4.69) is 20.1 Å². The molecule has 4 rings (SSSR count). The highest BCUT2D eigenvalue weighted by Gasteiger charge is 2.73. The van der Waals surface area contributed by atoms with Crippen LogP contribution in [0.2, 0.25) is 0 Å². The first-order valence-electron chi connectivity index (χ1n) is 8.00. The first-order valence-corrected chi connectivity index (χ1v) is 8.00. The number of rotatable bonds is 3. The summed E-state index contributed by atoms with van der Waals surface area (Å²) in [5, 5.41) is 6.58. The summed E-state index contributed by atoms with van der Waals surface area (Å²) in [6.07, 6.45) is 0.564. The highest BCUT2D eigenvalue weighted by atomic mass is 16.7. The number of carbonyl (C=O) groups excluding carboxylic acids is 2. The van der Waals surface area contributed by atoms with Crippen molar-refractivity contribution in [3.05, 3.63) is 20.9 Å². The van der Waals surface area contributed by atoms with Crippen molar-refractivity contribution in [2.75, 3.05) is 20.3 Å². The van der Waals surface area contributed by atoms with Crippen LogP contribution in [0.5, 0.6) is 0 Å². The SMILES string of the molecule is COC1CC2(C(=O)N=[N+]=[N-])CCC1(C(=O)N=[N+]=[N-])CC21OCCCO1. The summed E-state index contributed by atoms with van der Waals surface area (Å²) >= 11 is 0. The highest BCUT2D eigenvalue weighted by Crippen LogP contribution is 2.65. The van der Waals surface area contributed by atoms with Gasteiger partial charge in [0.05, 0.1) is 30.1 Å². The van der Waals surface area contributed by atoms with E-state index in [0.29, 0.717) is 19.6 Å². The summed E-state index contributed by atoms with van der Waals surface area (Å²) in [4.78, 5) is 30.5. The number of ether oxygens (including phenoxy) is 3. The van der Waals surface area contributed by atoms with Gasteiger partial charge in [-0.05, 0) is 47.0 Å². The van der Waals surface area contributed by atoms with Crippen LogP contribution in [0.1, 0.15) is 32.1 Å². The minimum absolute atomic E-state index is 0.0169. The molecule has 134 valence electrons. The number of hydrogen-bond acceptors (Lipinski definition) is 5. The van der Waals surface area contributed by atoms with Gasteiger partial charge in [-0.25, -0.2) is 0 Å². The lowest BCUT2D eigenvalue weighted by Gasteiger charge is -2.63. The standard InChI is InChI=1S/C14H18N6O5/c1-23-9-7-13(11(22)18-20-16)4-3-12(9,10(21)17-19-15)8-14(13)24-5-2-6-25-14/h9H,2-8H2,1H3. The van der Waals surface area contributed by atoms with Gasteiger partial charge in [0.25, 0.3) is 0 Å². The minimum Gasteiger partial charge on any atom is -0.380 e. The van der Waals surface area contributed by atoms with Crippen molar-refractivity contribution in [1.29, 1.82) is 0 Å². The van der Waals surface area contributed by atoms with Crippen LogP contribution in [-0.2, 0) is 23.8 Å². The summed E-state index contributed by atoms with van der Waals surface area (Å²) < 4.78 is 17.3. The molecule has 3 saturated carbocycles. The van der Waals surface area contributed by atoms with Gasteiger partial charge in [0.15, 0.2) is 5.79 Å². The number of hydrogen-bond donors (Lipinski definition) is 0. The third-order valence-corrected chi connectivity index (χ3v) is 5.78. The lowest BCUT2D eigenvalue weighted by molar-refractivity contribution is -0.366. The molecule has 0 aromatic carbocycles. The van der Waals surface area contributed by atoms with Crippen LogP contribution in [0.4, 0.5) is 0 Å². The molecule has 0 N–H and O–H groups in total. The zero-order chi connectivity index (χ0) is 18.1. The molecule has 3 atom stereocenters. The molecule has 0 aromatic heterocycles. The van der Waals surface area contributed by atoms with E-state index in [-0.39, 0.29) is 25.7 Å². The molecule has 1 aliphatic heterocycles. The van der Waals surface area contributed by atoms with Gasteiger partial charge in [-0.15, -0.1) is 0 Å². The predicted molar refractivity (Wildman–Crippen MR) is 81.7 cm³/mol. The zero-order valence-electron chi connectivity index (χ0n) is 13.8. The van der Waals surface area contributed by atoms with E-state index in [9.17, 15) is 9.59 Å². The van der Waals surface area contributed by atoms with E-state index in [4.69, 9.17) is 25.3 Å². The van der Waals surface area contributed by atoms with Crippen LogP contribution in [0, 0.1) is 10.8 Å². The van der Waals surface area contributed by atoms with Crippen LogP contribution in [0.3, 0.4) is 0 Å². The van der Waals surface area contributed by atoms with E-state index in [0.717, 1.165) is 0 Å². The molecule has 4 aliphatic rings. The van der Waals surface area contributed by atoms with Gasteiger partial charge in [0.2, 0.25) is 11.8 Å². The Morgan fingerprint density at radius 2 is 1.76 bits per heavy atom. The molecular formula is C14H18N6O5. The summed E-state index contributed by atoms with van der Waals surface area (Å²) in [6.45, 7) is 0.712. The zero-order valence-corrected chi connectivity index (χ0v) is 13.8. The molecular weight excluding hydrogens is 332 g/mol. The molecule has 2 amide bonds. The van der Waals surface area contributed by atoms with Crippen LogP contribution >= 0.6 is 0 Å². The molecule has 0 radical (unpaired) electrons. The molecule has 25 heavy (non-hydrogen) atoms. The Morgan fingerprint density at radius 1 is 1.12 bits per heavy atom. The maximum absolute atomic E-state index is 12.7. The first kappa shape index (κ1) is 17.7. The topological polar surface area (TPSA) is 159 Å². The van der Waals surface area contributed by atoms with Gasteiger partial charge in [0, 0.05) is 23.4 Å². The largest absolute Gasteiger partial charge is 0.380 e. The normalized spacial score (nSPS) is 35.5. The van der Waals surface area contributed by atoms with Crippen molar-refractivity contribution >= 4 is 11.8 Å². The molecule has 1 spiro atoms. The van der Waals surface area contributed by atoms with Crippen molar-refractivity contribution in [2.24, 2.45) is 21.1 Å². The van der Waals surface area contributed by atoms with Crippen LogP contribution < -0.4 is 0 Å². The Bertz CT molecular complexity index is 694. The number of carbonyl (C=O) groups is 2. The molecule has 1 heterocycles. The van der Waals surface area contributed by atoms with Crippen molar-refractivity contribution in [1.82, 2.24) is 0 Å². The van der Waals surface area contributed by atoms with Crippen molar-refractivity contribution < 1.29 is 23.8 Å². The molecule has 1 saturated heterocycles. The monoisotopic (exact) mass is 350 g/mol. The average molecular weight is 350 g/mol. The highest BCUT2D eigenvalue weighted by molar-refractivity contribution is 5.89. The number of fused-ring (bicyclic) bond motifs is 2. The van der Waals surface area contributed by atoms with Gasteiger partial charge in [-0.1, -0.05) is 0 Å². The van der Waals surface area contributed by atoms with Gasteiger partial charge < -0.3 is 14.2 Å². The fraction of sp³-hybridized carbons (Fsp3) is 0.857. The second-order valence-corrected chi connectivity index (χ2v) is 6.64. The predicted octanol–water partition coefficient (Wildman–Crippen LogP) is 2.37. The quantitative estimate of drug-likeness (QED) is 0.433. The summed E-state index contributed by atoms with van der Waals surface area (Å²) in [6, 6.07) is 0. The Kier molecular flexibility index (Phi) is 4.44. The van der Waals surface area contributed by atoms with Crippen molar-refractivity contribution in [3.63, 3.8) is 0 Å². The molecule has 4 fully saturated rings. The van der Waals surface area contributed by atoms with Crippen LogP contribution in [-0.4, -0.2) is 44.0 Å². The second kappa shape index (κ2) is 6.29. The fourth-order valence-electron chi connectivity index (χ4n) is 4.56. The Balaban J connectivity index is 2.13. The van der Waals surface area contributed by atoms with E-state index in [1.165, 1.54) is 7.11 Å². The molecule has 11 heteroatoms. The number of azide groups is 2. The Labute approximate surface area is 142 Å². The third-order valence-electron chi connectivity index (χ3n) is 5.78. The summed E-state index contributed by atoms with van der Waals surface area (Å²) in [5.41, 5.74) is 15.1. The average Bonchev–Trinajstić information content (AvgIpc) is 2.63. The summed E-state index contributed by atoms with van der Waals surface area (Å²) in [5.74, 6) is -2.71. The second-order valence-electron chi connectivity index (χ2n) is 6.64. The van der Waals surface area contributed by atoms with Crippen LogP contribution in [0.25, 0.3) is 20.9 Å². The molecule has 0 aromatic rings. The maximum Gasteiger partial charge on any atom is 0.230 e. The number of nitrogens with zero attached hydrogens (tertiary/aromatic N) is 6. The Hall–Kier alpha value is -2.16. The Morgan fingerprint density at radius 3 is 2.36 bits per heavy atom. The minimum atomic E-state index is -1.38. The van der Waals surface area contributed by atoms with Gasteiger partial charge >= 0.3 is 0 Å². The van der Waals surface area contributed by atoms with Crippen LogP contribution in [0.15, 0.2) is 10.2 Å². The number of amides is 2. The smallest absolute Gasteiger partial charge is 0.230 e. The lowest BCUT2D eigenvalue weighted by Crippen LogP contribution is -2.71. The van der Waals surface area contributed by atoms with Gasteiger partial charge in [-0.3, -0.25) is 9.59 Å². The summed E-state index contributed by atoms with van der Waals surface area (Å²) in [7, 11) is 1.43. The molecule has 11 nitrogen and oxygen atoms in total. The maximum atomic E-state index is 12.7. The first-order chi connectivity index (χ1) is 12.0. The van der Waals surface area contributed by atoms with E-state index < -0.39 is 34.5 Å². The molecule has 3 unspecified atom stereocenters. The fourth-order valence-corrected chi connectivity index (χ4v) is 4.56. The van der Waals surface area contributed by atoms with Crippen molar-refractivity contribution in [3.8, 4) is 0 Å². The van der Waals surface area contributed by atoms with Gasteiger partial charge in [-0.2, -0.15) is 0 Å². The molecule has 2 bridgehead atoms. The van der Waals surface area contributed by atoms with E-state index in [1.807, 2.05) is 0 Å². The van der Waals surface area contributed by atoms with E-state index in [1.54, 1.807) is 0 Å². The number of methoxy groups -OCH3 is 1.